The smallest absolute Gasteiger partial charge is 0.260 e. The fourth-order valence-electron chi connectivity index (χ4n) is 6.72. The molecule has 0 unspecified atom stereocenters. The molecule has 6 rings (SSSR count). The van der Waals surface area contributed by atoms with Crippen molar-refractivity contribution in [3.8, 4) is 17.2 Å². The third-order valence-corrected chi connectivity index (χ3v) is 11.6. The molecule has 1 aliphatic carbocycles. The Morgan fingerprint density at radius 3 is 1.98 bits per heavy atom. The van der Waals surface area contributed by atoms with Gasteiger partial charge in [-0.3, -0.25) is 14.6 Å². The highest BCUT2D eigenvalue weighted by Crippen LogP contribution is 2.34. The van der Waals surface area contributed by atoms with Gasteiger partial charge in [0.05, 0.1) is 27.0 Å². The van der Waals surface area contributed by atoms with Crippen LogP contribution in [0, 0.1) is 5.92 Å². The molecule has 2 fully saturated rings. The lowest BCUT2D eigenvalue weighted by atomic mass is 9.88. The SMILES string of the molecule is COc1ccc([S+](c2ccc(OC)cc2)c2cccc(N(CCN3CCN(c4ccccc4OC)CC3)C(=O)C3CCCCC3)n2)cc1. The molecule has 0 radical (unpaired) electrons. The summed E-state index contributed by atoms with van der Waals surface area (Å²) in [5, 5.41) is 0.926. The Hall–Kier alpha value is -4.21. The lowest BCUT2D eigenvalue weighted by Gasteiger charge is -2.37. The van der Waals surface area contributed by atoms with Gasteiger partial charge in [-0.05, 0) is 79.6 Å². The number of aromatic nitrogens is 1. The summed E-state index contributed by atoms with van der Waals surface area (Å²) >= 11 is 0. The van der Waals surface area contributed by atoms with Crippen molar-refractivity contribution in [1.82, 2.24) is 9.88 Å². The number of nitrogens with zero attached hydrogens (tertiary/aromatic N) is 4. The number of carbonyl (C=O) groups excluding carboxylic acids is 1. The zero-order valence-corrected chi connectivity index (χ0v) is 29.2. The average Bonchev–Trinajstić information content (AvgIpc) is 3.16. The molecule has 48 heavy (non-hydrogen) atoms. The molecule has 0 N–H and O–H groups in total. The Kier molecular flexibility index (Phi) is 11.4. The molecule has 0 bridgehead atoms. The van der Waals surface area contributed by atoms with Gasteiger partial charge in [0.15, 0.2) is 9.79 Å². The maximum Gasteiger partial charge on any atom is 0.260 e. The predicted molar refractivity (Wildman–Crippen MR) is 193 cm³/mol. The molecule has 1 aromatic heterocycles. The van der Waals surface area contributed by atoms with E-state index in [0.717, 1.165) is 102 Å². The largest absolute Gasteiger partial charge is 0.497 e. The minimum Gasteiger partial charge on any atom is -0.497 e. The van der Waals surface area contributed by atoms with Crippen LogP contribution >= 0.6 is 0 Å². The number of carbonyl (C=O) groups is 1. The molecule has 2 heterocycles. The van der Waals surface area contributed by atoms with Crippen molar-refractivity contribution in [3.05, 3.63) is 91.0 Å². The molecule has 0 atom stereocenters. The normalized spacial score (nSPS) is 15.7. The van der Waals surface area contributed by atoms with Crippen LogP contribution in [0.4, 0.5) is 11.5 Å². The Balaban J connectivity index is 1.25. The van der Waals surface area contributed by atoms with Crippen molar-refractivity contribution in [2.75, 3.05) is 70.4 Å². The minimum atomic E-state index is -0.500. The van der Waals surface area contributed by atoms with E-state index in [4.69, 9.17) is 19.2 Å². The lowest BCUT2D eigenvalue weighted by Crippen LogP contribution is -2.50. The van der Waals surface area contributed by atoms with E-state index >= 15 is 0 Å². The van der Waals surface area contributed by atoms with Crippen LogP contribution in [0.25, 0.3) is 0 Å². The summed E-state index contributed by atoms with van der Waals surface area (Å²) in [5.74, 6) is 3.52. The second-order valence-electron chi connectivity index (χ2n) is 12.3. The number of hydrogen-bond acceptors (Lipinski definition) is 7. The van der Waals surface area contributed by atoms with Gasteiger partial charge in [-0.1, -0.05) is 37.5 Å². The van der Waals surface area contributed by atoms with E-state index in [-0.39, 0.29) is 11.8 Å². The molecule has 0 spiro atoms. The Labute approximate surface area is 288 Å². The zero-order valence-electron chi connectivity index (χ0n) is 28.3. The van der Waals surface area contributed by atoms with Gasteiger partial charge in [-0.2, -0.15) is 4.98 Å². The summed E-state index contributed by atoms with van der Waals surface area (Å²) in [7, 11) is 4.59. The van der Waals surface area contributed by atoms with Gasteiger partial charge >= 0.3 is 0 Å². The highest BCUT2D eigenvalue weighted by atomic mass is 32.2. The molecule has 9 heteroatoms. The minimum absolute atomic E-state index is 0.0491. The number of pyridine rings is 1. The number of amides is 1. The molecular weight excluding hydrogens is 621 g/mol. The van der Waals surface area contributed by atoms with Gasteiger partial charge in [0.25, 0.3) is 5.03 Å². The highest BCUT2D eigenvalue weighted by Gasteiger charge is 2.33. The standard InChI is InChI=1S/C39H47N4O4S/c1-45-31-16-20-33(21-17-31)48(34-22-18-32(46-2)19-23-34)38-15-9-14-37(40-38)43(39(44)30-10-5-4-6-11-30)29-26-41-24-27-42(28-25-41)35-12-7-8-13-36(35)47-3/h7-9,12-23,30H,4-6,10-11,24-29H2,1-3H3/q+1. The zero-order chi connectivity index (χ0) is 33.3. The Morgan fingerprint density at radius 1 is 0.750 bits per heavy atom. The van der Waals surface area contributed by atoms with Crippen LogP contribution in [0.2, 0.25) is 0 Å². The number of para-hydroxylation sites is 2. The topological polar surface area (TPSA) is 67.4 Å². The second kappa shape index (κ2) is 16.3. The summed E-state index contributed by atoms with van der Waals surface area (Å²) in [6, 6.07) is 30.8. The quantitative estimate of drug-likeness (QED) is 0.152. The number of ether oxygens (including phenoxy) is 3. The van der Waals surface area contributed by atoms with E-state index < -0.39 is 10.9 Å². The average molecular weight is 668 g/mol. The van der Waals surface area contributed by atoms with Crippen LogP contribution < -0.4 is 24.0 Å². The predicted octanol–water partition coefficient (Wildman–Crippen LogP) is 6.94. The van der Waals surface area contributed by atoms with Crippen molar-refractivity contribution in [3.63, 3.8) is 0 Å². The molecule has 1 saturated carbocycles. The van der Waals surface area contributed by atoms with Crippen LogP contribution in [0.3, 0.4) is 0 Å². The fourth-order valence-corrected chi connectivity index (χ4v) is 8.69. The van der Waals surface area contributed by atoms with Gasteiger partial charge in [0, 0.05) is 51.3 Å². The van der Waals surface area contributed by atoms with Gasteiger partial charge in [0.2, 0.25) is 5.91 Å². The first-order chi connectivity index (χ1) is 23.6. The molecule has 3 aromatic carbocycles. The van der Waals surface area contributed by atoms with Crippen LogP contribution in [-0.4, -0.2) is 76.4 Å². The summed E-state index contributed by atoms with van der Waals surface area (Å²) < 4.78 is 16.5. The van der Waals surface area contributed by atoms with Gasteiger partial charge < -0.3 is 19.1 Å². The summed E-state index contributed by atoms with van der Waals surface area (Å²) in [5.41, 5.74) is 1.14. The van der Waals surface area contributed by atoms with Crippen LogP contribution in [0.15, 0.2) is 106 Å². The van der Waals surface area contributed by atoms with E-state index in [0.29, 0.717) is 6.54 Å². The maximum absolute atomic E-state index is 14.3. The van der Waals surface area contributed by atoms with Crippen LogP contribution in [0.5, 0.6) is 17.2 Å². The molecule has 4 aromatic rings. The maximum atomic E-state index is 14.3. The van der Waals surface area contributed by atoms with E-state index in [1.54, 1.807) is 21.3 Å². The molecule has 2 aliphatic rings. The highest BCUT2D eigenvalue weighted by molar-refractivity contribution is 7.97. The molecular formula is C39H47N4O4S+. The first-order valence-corrected chi connectivity index (χ1v) is 18.2. The van der Waals surface area contributed by atoms with Crippen molar-refractivity contribution in [2.24, 2.45) is 5.92 Å². The lowest BCUT2D eigenvalue weighted by molar-refractivity contribution is -0.123. The van der Waals surface area contributed by atoms with E-state index in [2.05, 4.69) is 58.3 Å². The Bertz CT molecular complexity index is 1570. The Morgan fingerprint density at radius 2 is 1.38 bits per heavy atom. The number of rotatable bonds is 12. The summed E-state index contributed by atoms with van der Waals surface area (Å²) in [6.07, 6.45) is 5.34. The number of piperazine rings is 1. The van der Waals surface area contributed by atoms with E-state index in [1.807, 2.05) is 47.4 Å². The van der Waals surface area contributed by atoms with Crippen molar-refractivity contribution >= 4 is 28.3 Å². The first kappa shape index (κ1) is 33.7. The first-order valence-electron chi connectivity index (χ1n) is 17.0. The molecule has 1 aliphatic heterocycles. The molecule has 8 nitrogen and oxygen atoms in total. The van der Waals surface area contributed by atoms with Crippen molar-refractivity contribution in [2.45, 2.75) is 46.9 Å². The third kappa shape index (κ3) is 7.90. The van der Waals surface area contributed by atoms with Gasteiger partial charge in [0.1, 0.15) is 34.0 Å². The van der Waals surface area contributed by atoms with Crippen LogP contribution in [-0.2, 0) is 15.7 Å². The number of hydrogen-bond donors (Lipinski definition) is 0. The monoisotopic (exact) mass is 667 g/mol. The van der Waals surface area contributed by atoms with Crippen LogP contribution in [0.1, 0.15) is 32.1 Å². The van der Waals surface area contributed by atoms with E-state index in [1.165, 1.54) is 6.42 Å². The number of benzene rings is 3. The second-order valence-corrected chi connectivity index (χ2v) is 14.3. The van der Waals surface area contributed by atoms with Gasteiger partial charge in [-0.25, -0.2) is 0 Å². The fraction of sp³-hybridized carbons (Fsp3) is 0.385. The molecule has 1 amide bonds. The third-order valence-electron chi connectivity index (χ3n) is 9.44. The van der Waals surface area contributed by atoms with Gasteiger partial charge in [-0.15, -0.1) is 0 Å². The number of anilines is 2. The van der Waals surface area contributed by atoms with Crippen molar-refractivity contribution < 1.29 is 19.0 Å². The summed E-state index contributed by atoms with van der Waals surface area (Å²) in [4.78, 5) is 28.6. The number of methoxy groups -OCH3 is 3. The summed E-state index contributed by atoms with van der Waals surface area (Å²) in [6.45, 7) is 5.09. The molecule has 1 saturated heterocycles. The van der Waals surface area contributed by atoms with E-state index in [9.17, 15) is 4.79 Å². The molecule has 252 valence electrons. The van der Waals surface area contributed by atoms with Crippen molar-refractivity contribution in [1.29, 1.82) is 0 Å².